The van der Waals surface area contributed by atoms with Crippen LogP contribution in [-0.4, -0.2) is 62.2 Å². The smallest absolute Gasteiger partial charge is 0.408 e. The van der Waals surface area contributed by atoms with Crippen LogP contribution in [0.25, 0.3) is 0 Å². The summed E-state index contributed by atoms with van der Waals surface area (Å²) in [5.41, 5.74) is 0.551. The van der Waals surface area contributed by atoms with Gasteiger partial charge >= 0.3 is 6.09 Å². The Labute approximate surface area is 230 Å². The molecule has 2 aromatic rings. The summed E-state index contributed by atoms with van der Waals surface area (Å²) in [4.78, 5) is 47.0. The highest BCUT2D eigenvalue weighted by molar-refractivity contribution is 6.04. The van der Waals surface area contributed by atoms with Gasteiger partial charge in [0.05, 0.1) is 12.1 Å². The van der Waals surface area contributed by atoms with Crippen molar-refractivity contribution in [3.05, 3.63) is 59.9 Å². The van der Waals surface area contributed by atoms with Gasteiger partial charge in [-0.15, -0.1) is 0 Å². The van der Waals surface area contributed by atoms with E-state index in [9.17, 15) is 24.6 Å². The molecule has 210 valence electrons. The van der Waals surface area contributed by atoms with Gasteiger partial charge in [0.15, 0.2) is 0 Å². The summed E-state index contributed by atoms with van der Waals surface area (Å²) in [5.74, 6) is -0.902. The molecule has 3 N–H and O–H groups in total. The molecular formula is C30H40N4O5. The van der Waals surface area contributed by atoms with Crippen molar-refractivity contribution in [1.29, 1.82) is 0 Å². The molecule has 0 spiro atoms. The number of amides is 3. The first kappa shape index (κ1) is 28.5. The SMILES string of the molecule is CC1(O)C[C@H](C(=O)N(c2ccc(C(C)(C)C)cc2)C(C(=O)NC2CCCCC2)c2cccnc2)N(C(=O)O)C1. The number of likely N-dealkylation sites (tertiary alicyclic amines) is 1. The Morgan fingerprint density at radius 2 is 1.77 bits per heavy atom. The Morgan fingerprint density at radius 3 is 2.33 bits per heavy atom. The van der Waals surface area contributed by atoms with Crippen LogP contribution in [0.15, 0.2) is 48.8 Å². The predicted molar refractivity (Wildman–Crippen MR) is 148 cm³/mol. The lowest BCUT2D eigenvalue weighted by atomic mass is 9.87. The van der Waals surface area contributed by atoms with Gasteiger partial charge in [-0.2, -0.15) is 0 Å². The molecular weight excluding hydrogens is 496 g/mol. The number of carbonyl (C=O) groups excluding carboxylic acids is 2. The highest BCUT2D eigenvalue weighted by Crippen LogP contribution is 2.35. The summed E-state index contributed by atoms with van der Waals surface area (Å²) in [6.45, 7) is 7.60. The number of rotatable bonds is 6. The Bertz CT molecular complexity index is 1170. The molecule has 0 radical (unpaired) electrons. The first-order valence-electron chi connectivity index (χ1n) is 13.7. The van der Waals surface area contributed by atoms with Crippen LogP contribution in [0.2, 0.25) is 0 Å². The zero-order chi connectivity index (χ0) is 28.4. The van der Waals surface area contributed by atoms with E-state index in [0.29, 0.717) is 11.3 Å². The second-order valence-electron chi connectivity index (χ2n) is 12.2. The van der Waals surface area contributed by atoms with E-state index < -0.39 is 29.7 Å². The third kappa shape index (κ3) is 6.58. The number of aliphatic hydroxyl groups is 1. The molecule has 4 rings (SSSR count). The van der Waals surface area contributed by atoms with E-state index in [0.717, 1.165) is 42.6 Å². The van der Waals surface area contributed by atoms with Crippen molar-refractivity contribution in [2.24, 2.45) is 0 Å². The van der Waals surface area contributed by atoms with Crippen molar-refractivity contribution in [3.63, 3.8) is 0 Å². The molecule has 9 heteroatoms. The molecule has 2 unspecified atom stereocenters. The monoisotopic (exact) mass is 536 g/mol. The fourth-order valence-electron chi connectivity index (χ4n) is 5.66. The summed E-state index contributed by atoms with van der Waals surface area (Å²) in [6, 6.07) is 8.70. The molecule has 1 saturated carbocycles. The van der Waals surface area contributed by atoms with Crippen LogP contribution in [0.1, 0.15) is 83.4 Å². The van der Waals surface area contributed by atoms with Gasteiger partial charge in [-0.05, 0) is 48.9 Å². The molecule has 1 aliphatic carbocycles. The molecule has 2 aliphatic rings. The number of nitrogens with one attached hydrogen (secondary N) is 1. The van der Waals surface area contributed by atoms with Gasteiger partial charge < -0.3 is 15.5 Å². The minimum absolute atomic E-state index is 0.00775. The lowest BCUT2D eigenvalue weighted by Crippen LogP contribution is -2.53. The van der Waals surface area contributed by atoms with E-state index in [2.05, 4.69) is 31.1 Å². The molecule has 9 nitrogen and oxygen atoms in total. The molecule has 3 amide bonds. The molecule has 3 atom stereocenters. The summed E-state index contributed by atoms with van der Waals surface area (Å²) in [5, 5.41) is 23.8. The second-order valence-corrected chi connectivity index (χ2v) is 12.2. The number of hydrogen-bond donors (Lipinski definition) is 3. The molecule has 1 saturated heterocycles. The van der Waals surface area contributed by atoms with Crippen LogP contribution in [0, 0.1) is 0 Å². The van der Waals surface area contributed by atoms with E-state index in [1.54, 1.807) is 36.7 Å². The van der Waals surface area contributed by atoms with Crippen LogP contribution in [0.3, 0.4) is 0 Å². The quantitative estimate of drug-likeness (QED) is 0.503. The zero-order valence-electron chi connectivity index (χ0n) is 23.3. The number of nitrogens with zero attached hydrogens (tertiary/aromatic N) is 3. The fourth-order valence-corrected chi connectivity index (χ4v) is 5.66. The van der Waals surface area contributed by atoms with Crippen molar-refractivity contribution in [2.45, 2.75) is 95.4 Å². The average molecular weight is 537 g/mol. The number of aromatic nitrogens is 1. The fraction of sp³-hybridized carbons (Fsp3) is 0.533. The Kier molecular flexibility index (Phi) is 8.30. The molecule has 2 fully saturated rings. The van der Waals surface area contributed by atoms with Crippen molar-refractivity contribution < 1.29 is 24.6 Å². The van der Waals surface area contributed by atoms with E-state index in [1.807, 2.05) is 12.1 Å². The molecule has 0 bridgehead atoms. The minimum Gasteiger partial charge on any atom is -0.465 e. The van der Waals surface area contributed by atoms with Gasteiger partial charge in [-0.3, -0.25) is 24.4 Å². The first-order valence-corrected chi connectivity index (χ1v) is 13.7. The van der Waals surface area contributed by atoms with Crippen molar-refractivity contribution in [1.82, 2.24) is 15.2 Å². The van der Waals surface area contributed by atoms with Crippen LogP contribution in [-0.2, 0) is 15.0 Å². The van der Waals surface area contributed by atoms with Crippen molar-refractivity contribution in [3.8, 4) is 0 Å². The van der Waals surface area contributed by atoms with Gasteiger partial charge in [0, 0.05) is 36.1 Å². The maximum atomic E-state index is 14.4. The van der Waals surface area contributed by atoms with E-state index >= 15 is 0 Å². The van der Waals surface area contributed by atoms with Crippen LogP contribution in [0.5, 0.6) is 0 Å². The first-order chi connectivity index (χ1) is 18.4. The number of β-amino-alcohol motifs (C(OH)–C–C–N with tert-alkyl or cyclic N) is 1. The van der Waals surface area contributed by atoms with Gasteiger partial charge in [-0.25, -0.2) is 4.79 Å². The molecule has 1 aromatic heterocycles. The number of pyridine rings is 1. The summed E-state index contributed by atoms with van der Waals surface area (Å²) >= 11 is 0. The molecule has 1 aromatic carbocycles. The third-order valence-electron chi connectivity index (χ3n) is 7.76. The predicted octanol–water partition coefficient (Wildman–Crippen LogP) is 4.41. The summed E-state index contributed by atoms with van der Waals surface area (Å²) < 4.78 is 0. The number of hydrogen-bond acceptors (Lipinski definition) is 5. The largest absolute Gasteiger partial charge is 0.465 e. The van der Waals surface area contributed by atoms with Crippen LogP contribution < -0.4 is 10.2 Å². The standard InChI is InChI=1S/C30H40N4O5/c1-29(2,3)21-12-14-23(15-13-21)34(27(36)24-17-30(4,39)19-33(24)28(37)38)25(20-9-8-16-31-18-20)26(35)32-22-10-6-5-7-11-22/h8-9,12-16,18,22,24-25,39H,5-7,10-11,17,19H2,1-4H3,(H,32,35)(H,37,38)/t24-,25?,30?/m1/s1. The molecule has 2 heterocycles. The number of anilines is 1. The van der Waals surface area contributed by atoms with E-state index in [4.69, 9.17) is 0 Å². The number of carbonyl (C=O) groups is 3. The second kappa shape index (κ2) is 11.3. The van der Waals surface area contributed by atoms with Gasteiger partial charge in [0.25, 0.3) is 5.91 Å². The molecule has 39 heavy (non-hydrogen) atoms. The highest BCUT2D eigenvalue weighted by atomic mass is 16.4. The van der Waals surface area contributed by atoms with E-state index in [-0.39, 0.29) is 30.3 Å². The lowest BCUT2D eigenvalue weighted by Gasteiger charge is -2.36. The van der Waals surface area contributed by atoms with Crippen molar-refractivity contribution in [2.75, 3.05) is 11.4 Å². The Hall–Kier alpha value is -3.46. The number of benzene rings is 1. The average Bonchev–Trinajstić information content (AvgIpc) is 3.23. The highest BCUT2D eigenvalue weighted by Gasteiger charge is 2.49. The maximum Gasteiger partial charge on any atom is 0.408 e. The van der Waals surface area contributed by atoms with Gasteiger partial charge in [0.2, 0.25) is 5.91 Å². The topological polar surface area (TPSA) is 123 Å². The van der Waals surface area contributed by atoms with Gasteiger partial charge in [-0.1, -0.05) is 58.2 Å². The maximum absolute atomic E-state index is 14.4. The van der Waals surface area contributed by atoms with Crippen LogP contribution in [0.4, 0.5) is 10.5 Å². The van der Waals surface area contributed by atoms with Crippen LogP contribution >= 0.6 is 0 Å². The third-order valence-corrected chi connectivity index (χ3v) is 7.76. The van der Waals surface area contributed by atoms with E-state index in [1.165, 1.54) is 11.8 Å². The summed E-state index contributed by atoms with van der Waals surface area (Å²) in [6.07, 6.45) is 6.75. The normalized spacial score (nSPS) is 22.8. The van der Waals surface area contributed by atoms with Crippen molar-refractivity contribution >= 4 is 23.6 Å². The minimum atomic E-state index is -1.37. The molecule has 1 aliphatic heterocycles. The zero-order valence-corrected chi connectivity index (χ0v) is 23.3. The van der Waals surface area contributed by atoms with Gasteiger partial charge in [0.1, 0.15) is 12.1 Å². The summed E-state index contributed by atoms with van der Waals surface area (Å²) in [7, 11) is 0. The Balaban J connectivity index is 1.81. The number of carboxylic acid groups (broad SMARTS) is 1. The Morgan fingerprint density at radius 1 is 1.10 bits per heavy atom. The lowest BCUT2D eigenvalue weighted by molar-refractivity contribution is -0.129.